The van der Waals surface area contributed by atoms with E-state index in [2.05, 4.69) is 34.6 Å². The molecule has 374 valence electrons. The van der Waals surface area contributed by atoms with Crippen molar-refractivity contribution in [2.24, 2.45) is 11.8 Å². The fraction of sp³-hybridized carbons (Fsp3) is 0.947. The van der Waals surface area contributed by atoms with E-state index in [1.807, 2.05) is 0 Å². The summed E-state index contributed by atoms with van der Waals surface area (Å²) in [6.45, 7) is 11.4. The molecule has 0 N–H and O–H groups in total. The molecule has 2 atom stereocenters. The molecule has 0 aromatic carbocycles. The molecule has 0 amide bonds. The molecule has 0 aliphatic rings. The Morgan fingerprint density at radius 1 is 0.333 bits per heavy atom. The van der Waals surface area contributed by atoms with Gasteiger partial charge in [-0.15, -0.1) is 0 Å². The van der Waals surface area contributed by atoms with Crippen LogP contribution in [-0.2, 0) is 28.6 Å². The van der Waals surface area contributed by atoms with Crippen LogP contribution in [0.3, 0.4) is 0 Å². The lowest BCUT2D eigenvalue weighted by Gasteiger charge is -2.18. The third-order valence-corrected chi connectivity index (χ3v) is 13.3. The van der Waals surface area contributed by atoms with Gasteiger partial charge in [0.15, 0.2) is 6.10 Å². The van der Waals surface area contributed by atoms with E-state index in [1.54, 1.807) is 0 Å². The number of carbonyl (C=O) groups excluding carboxylic acids is 3. The normalized spacial score (nSPS) is 12.5. The summed E-state index contributed by atoms with van der Waals surface area (Å²) in [6.07, 6.45) is 52.3. The Labute approximate surface area is 393 Å². The highest BCUT2D eigenvalue weighted by Crippen LogP contribution is 2.18. The van der Waals surface area contributed by atoms with E-state index >= 15 is 0 Å². The highest BCUT2D eigenvalue weighted by molar-refractivity contribution is 5.71. The summed E-state index contributed by atoms with van der Waals surface area (Å²) in [5.74, 6) is 0.831. The molecular weight excluding hydrogens is 781 g/mol. The summed E-state index contributed by atoms with van der Waals surface area (Å²) in [5.41, 5.74) is 0. The lowest BCUT2D eigenvalue weighted by atomic mass is 9.99. The smallest absolute Gasteiger partial charge is 0.306 e. The number of rotatable bonds is 51. The molecule has 63 heavy (non-hydrogen) atoms. The molecule has 6 heteroatoms. The van der Waals surface area contributed by atoms with Crippen molar-refractivity contribution in [3.63, 3.8) is 0 Å². The topological polar surface area (TPSA) is 78.9 Å². The van der Waals surface area contributed by atoms with Crippen molar-refractivity contribution < 1.29 is 28.6 Å². The van der Waals surface area contributed by atoms with E-state index in [1.165, 1.54) is 205 Å². The van der Waals surface area contributed by atoms with Gasteiger partial charge >= 0.3 is 17.9 Å². The van der Waals surface area contributed by atoms with Gasteiger partial charge in [-0.1, -0.05) is 279 Å². The first-order valence-corrected chi connectivity index (χ1v) is 28.3. The minimum Gasteiger partial charge on any atom is -0.462 e. The van der Waals surface area contributed by atoms with Gasteiger partial charge < -0.3 is 14.2 Å². The standard InChI is InChI=1S/C57H110O6/c1-6-8-9-10-11-12-13-14-15-16-17-18-19-20-21-27-32-37-42-47-55(58)61-50-54(51-62-56(59)48-43-38-33-29-24-25-30-35-40-45-52(3)4)63-57(60)49-44-39-34-28-23-22-26-31-36-41-46-53(5)7-2/h52-54H,6-51H2,1-5H3/t53?,54-/m1/s1. The van der Waals surface area contributed by atoms with Gasteiger partial charge in [-0.25, -0.2) is 0 Å². The van der Waals surface area contributed by atoms with E-state index in [0.29, 0.717) is 19.3 Å². The van der Waals surface area contributed by atoms with Crippen LogP contribution in [-0.4, -0.2) is 37.2 Å². The second-order valence-corrected chi connectivity index (χ2v) is 20.3. The SMILES string of the molecule is CCCCCCCCCCCCCCCCCCCCCC(=O)OC[C@H](COC(=O)CCCCCCCCCCCC(C)C)OC(=O)CCCCCCCCCCCCC(C)CC. The van der Waals surface area contributed by atoms with Crippen molar-refractivity contribution in [3.8, 4) is 0 Å². The Balaban J connectivity index is 4.27. The Morgan fingerprint density at radius 2 is 0.603 bits per heavy atom. The molecular formula is C57H110O6. The third-order valence-electron chi connectivity index (χ3n) is 13.3. The zero-order valence-electron chi connectivity index (χ0n) is 43.2. The first-order chi connectivity index (χ1) is 30.8. The minimum absolute atomic E-state index is 0.0634. The molecule has 0 heterocycles. The summed E-state index contributed by atoms with van der Waals surface area (Å²) < 4.78 is 16.9. The Morgan fingerprint density at radius 3 is 0.905 bits per heavy atom. The van der Waals surface area contributed by atoms with Crippen molar-refractivity contribution in [3.05, 3.63) is 0 Å². The summed E-state index contributed by atoms with van der Waals surface area (Å²) >= 11 is 0. The molecule has 0 radical (unpaired) electrons. The summed E-state index contributed by atoms with van der Waals surface area (Å²) in [6, 6.07) is 0. The van der Waals surface area contributed by atoms with Crippen LogP contribution in [0.1, 0.15) is 317 Å². The molecule has 0 saturated heterocycles. The second-order valence-electron chi connectivity index (χ2n) is 20.3. The van der Waals surface area contributed by atoms with Crippen molar-refractivity contribution >= 4 is 17.9 Å². The van der Waals surface area contributed by atoms with E-state index in [-0.39, 0.29) is 31.1 Å². The van der Waals surface area contributed by atoms with Gasteiger partial charge in [-0.2, -0.15) is 0 Å². The largest absolute Gasteiger partial charge is 0.462 e. The second kappa shape index (κ2) is 49.8. The van der Waals surface area contributed by atoms with Crippen LogP contribution in [0.25, 0.3) is 0 Å². The molecule has 0 aromatic rings. The highest BCUT2D eigenvalue weighted by atomic mass is 16.6. The third kappa shape index (κ3) is 49.7. The zero-order valence-corrected chi connectivity index (χ0v) is 43.2. The van der Waals surface area contributed by atoms with Crippen molar-refractivity contribution in [1.29, 1.82) is 0 Å². The summed E-state index contributed by atoms with van der Waals surface area (Å²) in [4.78, 5) is 38.1. The van der Waals surface area contributed by atoms with Gasteiger partial charge in [0.25, 0.3) is 0 Å². The molecule has 0 aromatic heterocycles. The van der Waals surface area contributed by atoms with Gasteiger partial charge in [-0.3, -0.25) is 14.4 Å². The fourth-order valence-corrected chi connectivity index (χ4v) is 8.66. The van der Waals surface area contributed by atoms with Crippen LogP contribution in [0, 0.1) is 11.8 Å². The molecule has 0 aliphatic heterocycles. The van der Waals surface area contributed by atoms with Crippen LogP contribution in [0.5, 0.6) is 0 Å². The van der Waals surface area contributed by atoms with Crippen LogP contribution in [0.15, 0.2) is 0 Å². The Hall–Kier alpha value is -1.59. The van der Waals surface area contributed by atoms with Crippen molar-refractivity contribution in [2.45, 2.75) is 323 Å². The molecule has 6 nitrogen and oxygen atoms in total. The lowest BCUT2D eigenvalue weighted by molar-refractivity contribution is -0.167. The monoisotopic (exact) mass is 891 g/mol. The minimum atomic E-state index is -0.763. The molecule has 1 unspecified atom stereocenters. The van der Waals surface area contributed by atoms with E-state index in [9.17, 15) is 14.4 Å². The summed E-state index contributed by atoms with van der Waals surface area (Å²) in [7, 11) is 0. The average molecular weight is 892 g/mol. The predicted molar refractivity (Wildman–Crippen MR) is 270 cm³/mol. The van der Waals surface area contributed by atoms with Crippen molar-refractivity contribution in [2.75, 3.05) is 13.2 Å². The number of hydrogen-bond acceptors (Lipinski definition) is 6. The first kappa shape index (κ1) is 61.4. The van der Waals surface area contributed by atoms with Gasteiger partial charge in [0, 0.05) is 19.3 Å². The van der Waals surface area contributed by atoms with E-state index < -0.39 is 6.10 Å². The van der Waals surface area contributed by atoms with E-state index in [0.717, 1.165) is 69.6 Å². The Kier molecular flexibility index (Phi) is 48.6. The van der Waals surface area contributed by atoms with Gasteiger partial charge in [-0.05, 0) is 31.1 Å². The predicted octanol–water partition coefficient (Wildman–Crippen LogP) is 18.5. The van der Waals surface area contributed by atoms with E-state index in [4.69, 9.17) is 14.2 Å². The molecule has 0 fully saturated rings. The van der Waals surface area contributed by atoms with Gasteiger partial charge in [0.2, 0.25) is 0 Å². The molecule has 0 rings (SSSR count). The maximum atomic E-state index is 12.8. The van der Waals surface area contributed by atoms with Crippen LogP contribution >= 0.6 is 0 Å². The number of carbonyl (C=O) groups is 3. The summed E-state index contributed by atoms with van der Waals surface area (Å²) in [5, 5.41) is 0. The van der Waals surface area contributed by atoms with Gasteiger partial charge in [0.05, 0.1) is 0 Å². The molecule has 0 saturated carbocycles. The highest BCUT2D eigenvalue weighted by Gasteiger charge is 2.19. The fourth-order valence-electron chi connectivity index (χ4n) is 8.66. The van der Waals surface area contributed by atoms with Crippen LogP contribution < -0.4 is 0 Å². The maximum Gasteiger partial charge on any atom is 0.306 e. The molecule has 0 spiro atoms. The average Bonchev–Trinajstić information content (AvgIpc) is 3.27. The zero-order chi connectivity index (χ0) is 46.1. The number of esters is 3. The number of ether oxygens (including phenoxy) is 3. The maximum absolute atomic E-state index is 12.8. The van der Waals surface area contributed by atoms with Crippen molar-refractivity contribution in [1.82, 2.24) is 0 Å². The van der Waals surface area contributed by atoms with Crippen LogP contribution in [0.2, 0.25) is 0 Å². The lowest BCUT2D eigenvalue weighted by Crippen LogP contribution is -2.30. The number of unbranched alkanes of at least 4 members (excludes halogenated alkanes) is 35. The quantitative estimate of drug-likeness (QED) is 0.0344. The van der Waals surface area contributed by atoms with Gasteiger partial charge in [0.1, 0.15) is 13.2 Å². The number of hydrogen-bond donors (Lipinski definition) is 0. The molecule has 0 aliphatic carbocycles. The first-order valence-electron chi connectivity index (χ1n) is 28.3. The Bertz CT molecular complexity index is 964. The molecule has 0 bridgehead atoms. The van der Waals surface area contributed by atoms with Crippen LogP contribution in [0.4, 0.5) is 0 Å².